The Hall–Kier alpha value is -2.04. The van der Waals surface area contributed by atoms with Crippen molar-refractivity contribution in [2.45, 2.75) is 6.54 Å². The number of benzene rings is 2. The third kappa shape index (κ3) is 3.01. The molecule has 0 unspecified atom stereocenters. The number of hydrogen-bond acceptors (Lipinski definition) is 3. The highest BCUT2D eigenvalue weighted by atomic mass is 35.5. The van der Waals surface area contributed by atoms with Gasteiger partial charge in [-0.3, -0.25) is 4.79 Å². The van der Waals surface area contributed by atoms with Gasteiger partial charge in [0.25, 0.3) is 5.91 Å². The van der Waals surface area contributed by atoms with E-state index in [9.17, 15) is 4.79 Å². The van der Waals surface area contributed by atoms with Crippen molar-refractivity contribution < 1.29 is 4.79 Å². The second-order valence-electron chi connectivity index (χ2n) is 4.68. The van der Waals surface area contributed by atoms with Crippen LogP contribution >= 0.6 is 22.9 Å². The summed E-state index contributed by atoms with van der Waals surface area (Å²) in [5.41, 5.74) is 6.96. The molecule has 0 atom stereocenters. The maximum Gasteiger partial charge on any atom is 0.253 e. The number of anilines is 1. The second kappa shape index (κ2) is 5.76. The number of rotatable bonds is 3. The summed E-state index contributed by atoms with van der Waals surface area (Å²) in [4.78, 5) is 13.3. The highest BCUT2D eigenvalue weighted by Crippen LogP contribution is 2.23. The van der Waals surface area contributed by atoms with E-state index in [0.29, 0.717) is 22.1 Å². The first kappa shape index (κ1) is 13.9. The fourth-order valence-electron chi connectivity index (χ4n) is 2.16. The summed E-state index contributed by atoms with van der Waals surface area (Å²) in [6.45, 7) is 0.447. The summed E-state index contributed by atoms with van der Waals surface area (Å²) >= 11 is 7.32. The van der Waals surface area contributed by atoms with Crippen molar-refractivity contribution in [2.75, 3.05) is 5.73 Å². The van der Waals surface area contributed by atoms with Gasteiger partial charge < -0.3 is 11.1 Å². The molecule has 0 spiro atoms. The lowest BCUT2D eigenvalue weighted by Crippen LogP contribution is -2.23. The van der Waals surface area contributed by atoms with Crippen LogP contribution in [0.1, 0.15) is 15.2 Å². The largest absolute Gasteiger partial charge is 0.398 e. The molecule has 0 aliphatic rings. The molecule has 5 heteroatoms. The van der Waals surface area contributed by atoms with Gasteiger partial charge in [0.15, 0.2) is 0 Å². The predicted octanol–water partition coefficient (Wildman–Crippen LogP) is 4.07. The van der Waals surface area contributed by atoms with E-state index in [0.717, 1.165) is 15.6 Å². The highest BCUT2D eigenvalue weighted by molar-refractivity contribution is 7.16. The lowest BCUT2D eigenvalue weighted by Gasteiger charge is -2.08. The van der Waals surface area contributed by atoms with Gasteiger partial charge in [0.1, 0.15) is 0 Å². The molecule has 0 radical (unpaired) electrons. The molecule has 21 heavy (non-hydrogen) atoms. The average Bonchev–Trinajstić information content (AvgIpc) is 2.89. The number of thiophene rings is 1. The van der Waals surface area contributed by atoms with Crippen molar-refractivity contribution in [3.63, 3.8) is 0 Å². The van der Waals surface area contributed by atoms with Crippen LogP contribution < -0.4 is 11.1 Å². The first-order valence-electron chi connectivity index (χ1n) is 6.44. The van der Waals surface area contributed by atoms with E-state index in [-0.39, 0.29) is 5.91 Å². The fraction of sp³-hybridized carbons (Fsp3) is 0.0625. The van der Waals surface area contributed by atoms with Gasteiger partial charge in [-0.2, -0.15) is 0 Å². The van der Waals surface area contributed by atoms with E-state index in [4.69, 9.17) is 17.3 Å². The highest BCUT2D eigenvalue weighted by Gasteiger charge is 2.11. The molecule has 1 heterocycles. The Morgan fingerprint density at radius 1 is 1.14 bits per heavy atom. The summed E-state index contributed by atoms with van der Waals surface area (Å²) in [7, 11) is 0. The minimum Gasteiger partial charge on any atom is -0.398 e. The number of carbonyl (C=O) groups is 1. The van der Waals surface area contributed by atoms with Gasteiger partial charge >= 0.3 is 0 Å². The molecule has 1 amide bonds. The summed E-state index contributed by atoms with van der Waals surface area (Å²) < 4.78 is 0.712. The van der Waals surface area contributed by atoms with E-state index in [1.165, 1.54) is 11.3 Å². The molecule has 106 valence electrons. The number of carbonyl (C=O) groups excluding carboxylic acids is 1. The third-order valence-electron chi connectivity index (χ3n) is 3.21. The zero-order valence-corrected chi connectivity index (χ0v) is 12.7. The quantitative estimate of drug-likeness (QED) is 0.716. The Bertz CT molecular complexity index is 813. The number of hydrogen-bond donors (Lipinski definition) is 2. The van der Waals surface area contributed by atoms with Gasteiger partial charge in [-0.25, -0.2) is 0 Å². The lowest BCUT2D eigenvalue weighted by atomic mass is 10.0. The fourth-order valence-corrected chi connectivity index (χ4v) is 3.19. The van der Waals surface area contributed by atoms with Crippen molar-refractivity contribution in [1.29, 1.82) is 0 Å². The van der Waals surface area contributed by atoms with E-state index in [2.05, 4.69) is 5.32 Å². The summed E-state index contributed by atoms with van der Waals surface area (Å²) in [6, 6.07) is 15.2. The molecule has 0 saturated heterocycles. The predicted molar refractivity (Wildman–Crippen MR) is 88.9 cm³/mol. The molecule has 3 aromatic rings. The number of nitrogens with one attached hydrogen (secondary N) is 1. The normalized spacial score (nSPS) is 10.7. The van der Waals surface area contributed by atoms with Crippen molar-refractivity contribution in [1.82, 2.24) is 5.32 Å². The summed E-state index contributed by atoms with van der Waals surface area (Å²) in [5.74, 6) is -0.178. The molecular formula is C16H13ClN2OS. The topological polar surface area (TPSA) is 55.1 Å². The Morgan fingerprint density at radius 2 is 1.86 bits per heavy atom. The first-order chi connectivity index (χ1) is 10.1. The molecule has 3 N–H and O–H groups in total. The van der Waals surface area contributed by atoms with Crippen LogP contribution in [-0.2, 0) is 6.54 Å². The Balaban J connectivity index is 1.82. The number of nitrogen functional groups attached to an aromatic ring is 1. The van der Waals surface area contributed by atoms with Gasteiger partial charge in [-0.05, 0) is 35.0 Å². The van der Waals surface area contributed by atoms with E-state index in [1.54, 1.807) is 0 Å². The van der Waals surface area contributed by atoms with Crippen molar-refractivity contribution >= 4 is 45.3 Å². The first-order valence-corrected chi connectivity index (χ1v) is 7.63. The monoisotopic (exact) mass is 316 g/mol. The van der Waals surface area contributed by atoms with Gasteiger partial charge in [0.05, 0.1) is 16.4 Å². The number of nitrogens with two attached hydrogens (primary N) is 1. The van der Waals surface area contributed by atoms with Crippen LogP contribution in [0.25, 0.3) is 10.8 Å². The lowest BCUT2D eigenvalue weighted by molar-refractivity contribution is 0.0952. The molecule has 1 aromatic heterocycles. The minimum absolute atomic E-state index is 0.178. The van der Waals surface area contributed by atoms with Crippen LogP contribution in [0.3, 0.4) is 0 Å². The molecule has 2 aromatic carbocycles. The van der Waals surface area contributed by atoms with Gasteiger partial charge in [-0.1, -0.05) is 35.9 Å². The molecule has 0 bridgehead atoms. The van der Waals surface area contributed by atoms with Crippen molar-refractivity contribution in [2.24, 2.45) is 0 Å². The molecule has 0 fully saturated rings. The molecule has 0 aliphatic carbocycles. The Morgan fingerprint density at radius 3 is 2.52 bits per heavy atom. The van der Waals surface area contributed by atoms with E-state index in [1.807, 2.05) is 48.5 Å². The zero-order valence-electron chi connectivity index (χ0n) is 11.1. The number of amides is 1. The maximum atomic E-state index is 12.3. The molecule has 3 nitrogen and oxygen atoms in total. The molecule has 0 aliphatic heterocycles. The van der Waals surface area contributed by atoms with Crippen LogP contribution in [0.5, 0.6) is 0 Å². The Labute approximate surface area is 131 Å². The van der Waals surface area contributed by atoms with Gasteiger partial charge in [-0.15, -0.1) is 11.3 Å². The van der Waals surface area contributed by atoms with Crippen LogP contribution in [0.15, 0.2) is 48.5 Å². The number of halogens is 1. The van der Waals surface area contributed by atoms with Gasteiger partial charge in [0, 0.05) is 10.6 Å². The van der Waals surface area contributed by atoms with Crippen molar-refractivity contribution in [3.05, 3.63) is 63.3 Å². The third-order valence-corrected chi connectivity index (χ3v) is 4.45. The SMILES string of the molecule is Nc1cc2ccccc2cc1C(=O)NCc1ccc(Cl)s1. The van der Waals surface area contributed by atoms with Crippen LogP contribution in [0, 0.1) is 0 Å². The van der Waals surface area contributed by atoms with E-state index >= 15 is 0 Å². The van der Waals surface area contributed by atoms with Crippen LogP contribution in [-0.4, -0.2) is 5.91 Å². The molecular weight excluding hydrogens is 304 g/mol. The Kier molecular flexibility index (Phi) is 3.82. The van der Waals surface area contributed by atoms with E-state index < -0.39 is 0 Å². The van der Waals surface area contributed by atoms with Crippen LogP contribution in [0.2, 0.25) is 4.34 Å². The smallest absolute Gasteiger partial charge is 0.253 e. The van der Waals surface area contributed by atoms with Crippen molar-refractivity contribution in [3.8, 4) is 0 Å². The number of fused-ring (bicyclic) bond motifs is 1. The second-order valence-corrected chi connectivity index (χ2v) is 6.47. The standard InChI is InChI=1S/C16H13ClN2OS/c17-15-6-5-12(21-15)9-19-16(20)13-7-10-3-1-2-4-11(10)8-14(13)18/h1-8H,9,18H2,(H,19,20). The van der Waals surface area contributed by atoms with Gasteiger partial charge in [0.2, 0.25) is 0 Å². The zero-order chi connectivity index (χ0) is 14.8. The maximum absolute atomic E-state index is 12.3. The minimum atomic E-state index is -0.178. The van der Waals surface area contributed by atoms with Crippen LogP contribution in [0.4, 0.5) is 5.69 Å². The average molecular weight is 317 g/mol. The summed E-state index contributed by atoms with van der Waals surface area (Å²) in [5, 5.41) is 4.89. The summed E-state index contributed by atoms with van der Waals surface area (Å²) in [6.07, 6.45) is 0. The molecule has 0 saturated carbocycles. The molecule has 3 rings (SSSR count).